The predicted octanol–water partition coefficient (Wildman–Crippen LogP) is 2.39. The number of rotatable bonds is 5. The fourth-order valence-electron chi connectivity index (χ4n) is 3.91. The van der Waals surface area contributed by atoms with E-state index in [1.54, 1.807) is 12.1 Å². The Morgan fingerprint density at radius 1 is 1.08 bits per heavy atom. The van der Waals surface area contributed by atoms with E-state index in [1.807, 2.05) is 4.90 Å². The van der Waals surface area contributed by atoms with Gasteiger partial charge in [0.2, 0.25) is 5.91 Å². The van der Waals surface area contributed by atoms with Crippen molar-refractivity contribution >= 4 is 5.91 Å². The second kappa shape index (κ2) is 8.77. The van der Waals surface area contributed by atoms with Gasteiger partial charge < -0.3 is 9.80 Å². The highest BCUT2D eigenvalue weighted by Gasteiger charge is 2.25. The van der Waals surface area contributed by atoms with E-state index in [0.717, 1.165) is 38.3 Å². The Kier molecular flexibility index (Phi) is 6.43. The number of amides is 1. The summed E-state index contributed by atoms with van der Waals surface area (Å²) in [6, 6.07) is 7.12. The first kappa shape index (κ1) is 18.3. The lowest BCUT2D eigenvalue weighted by molar-refractivity contribution is -0.133. The SMILES string of the molecule is CN1CCCC[C@H]1CN1CCN(C(=O)CCc2ccc(F)cc2)CC1. The fraction of sp³-hybridized carbons (Fsp3) is 0.650. The Balaban J connectivity index is 1.39. The Labute approximate surface area is 150 Å². The Morgan fingerprint density at radius 3 is 2.48 bits per heavy atom. The van der Waals surface area contributed by atoms with E-state index in [1.165, 1.54) is 37.9 Å². The van der Waals surface area contributed by atoms with Gasteiger partial charge in [-0.05, 0) is 50.6 Å². The monoisotopic (exact) mass is 347 g/mol. The lowest BCUT2D eigenvalue weighted by Crippen LogP contribution is -2.53. The van der Waals surface area contributed by atoms with Crippen LogP contribution in [0.4, 0.5) is 4.39 Å². The molecular weight excluding hydrogens is 317 g/mol. The molecule has 2 heterocycles. The van der Waals surface area contributed by atoms with Crippen LogP contribution < -0.4 is 0 Å². The molecule has 2 saturated heterocycles. The molecule has 4 nitrogen and oxygen atoms in total. The summed E-state index contributed by atoms with van der Waals surface area (Å²) in [7, 11) is 2.24. The maximum absolute atomic E-state index is 12.9. The van der Waals surface area contributed by atoms with Crippen LogP contribution in [0.15, 0.2) is 24.3 Å². The number of aryl methyl sites for hydroxylation is 1. The Hall–Kier alpha value is -1.46. The van der Waals surface area contributed by atoms with Crippen LogP contribution in [0.1, 0.15) is 31.2 Å². The minimum Gasteiger partial charge on any atom is -0.340 e. The lowest BCUT2D eigenvalue weighted by atomic mass is 10.0. The van der Waals surface area contributed by atoms with E-state index in [2.05, 4.69) is 16.8 Å². The van der Waals surface area contributed by atoms with Gasteiger partial charge in [-0.1, -0.05) is 18.6 Å². The van der Waals surface area contributed by atoms with Crippen LogP contribution >= 0.6 is 0 Å². The number of hydrogen-bond acceptors (Lipinski definition) is 3. The topological polar surface area (TPSA) is 26.8 Å². The van der Waals surface area contributed by atoms with Gasteiger partial charge in [0.15, 0.2) is 0 Å². The summed E-state index contributed by atoms with van der Waals surface area (Å²) < 4.78 is 12.9. The molecule has 0 unspecified atom stereocenters. The van der Waals surface area contributed by atoms with Crippen LogP contribution in [-0.2, 0) is 11.2 Å². The second-order valence-electron chi connectivity index (χ2n) is 7.44. The zero-order valence-corrected chi connectivity index (χ0v) is 15.3. The third-order valence-corrected chi connectivity index (χ3v) is 5.66. The average Bonchev–Trinajstić information content (AvgIpc) is 2.63. The highest BCUT2D eigenvalue weighted by molar-refractivity contribution is 5.76. The molecule has 138 valence electrons. The number of piperidine rings is 1. The molecule has 2 fully saturated rings. The lowest BCUT2D eigenvalue weighted by Gasteiger charge is -2.40. The molecule has 0 spiro atoms. The molecule has 0 N–H and O–H groups in total. The van der Waals surface area contributed by atoms with E-state index in [4.69, 9.17) is 0 Å². The van der Waals surface area contributed by atoms with Crippen molar-refractivity contribution in [3.8, 4) is 0 Å². The van der Waals surface area contributed by atoms with E-state index < -0.39 is 0 Å². The van der Waals surface area contributed by atoms with Gasteiger partial charge in [-0.2, -0.15) is 0 Å². The zero-order valence-electron chi connectivity index (χ0n) is 15.3. The summed E-state index contributed by atoms with van der Waals surface area (Å²) in [6.07, 6.45) is 5.16. The molecular formula is C20H30FN3O. The number of likely N-dealkylation sites (N-methyl/N-ethyl adjacent to an activating group) is 1. The largest absolute Gasteiger partial charge is 0.340 e. The smallest absolute Gasteiger partial charge is 0.222 e. The number of piperazine rings is 1. The molecule has 2 aliphatic rings. The summed E-state index contributed by atoms with van der Waals surface area (Å²) in [5.74, 6) is -0.00595. The summed E-state index contributed by atoms with van der Waals surface area (Å²) in [5.41, 5.74) is 1.02. The van der Waals surface area contributed by atoms with Crippen LogP contribution in [0.2, 0.25) is 0 Å². The van der Waals surface area contributed by atoms with Gasteiger partial charge in [0.25, 0.3) is 0 Å². The van der Waals surface area contributed by atoms with Crippen LogP contribution in [0, 0.1) is 5.82 Å². The highest BCUT2D eigenvalue weighted by Crippen LogP contribution is 2.17. The second-order valence-corrected chi connectivity index (χ2v) is 7.44. The predicted molar refractivity (Wildman–Crippen MR) is 98.0 cm³/mol. The maximum Gasteiger partial charge on any atom is 0.222 e. The van der Waals surface area contributed by atoms with Crippen molar-refractivity contribution in [3.05, 3.63) is 35.6 Å². The molecule has 0 aliphatic carbocycles. The summed E-state index contributed by atoms with van der Waals surface area (Å²) in [6.45, 7) is 5.97. The van der Waals surface area contributed by atoms with Crippen molar-refractivity contribution in [2.75, 3.05) is 46.3 Å². The van der Waals surface area contributed by atoms with Crippen molar-refractivity contribution in [2.45, 2.75) is 38.1 Å². The first-order chi connectivity index (χ1) is 12.1. The molecule has 3 rings (SSSR count). The molecule has 0 radical (unpaired) electrons. The quantitative estimate of drug-likeness (QED) is 0.818. The number of hydrogen-bond donors (Lipinski definition) is 0. The Bertz CT molecular complexity index is 555. The Morgan fingerprint density at radius 2 is 1.80 bits per heavy atom. The van der Waals surface area contributed by atoms with Gasteiger partial charge in [0.1, 0.15) is 5.82 Å². The number of carbonyl (C=O) groups is 1. The number of likely N-dealkylation sites (tertiary alicyclic amines) is 1. The molecule has 1 atom stereocenters. The fourth-order valence-corrected chi connectivity index (χ4v) is 3.91. The number of carbonyl (C=O) groups excluding carboxylic acids is 1. The minimum atomic E-state index is -0.227. The third-order valence-electron chi connectivity index (χ3n) is 5.66. The first-order valence-electron chi connectivity index (χ1n) is 9.56. The third kappa shape index (κ3) is 5.25. The van der Waals surface area contributed by atoms with Crippen molar-refractivity contribution < 1.29 is 9.18 Å². The average molecular weight is 347 g/mol. The molecule has 1 aromatic carbocycles. The van der Waals surface area contributed by atoms with E-state index in [9.17, 15) is 9.18 Å². The zero-order chi connectivity index (χ0) is 17.6. The molecule has 0 bridgehead atoms. The normalized spacial score (nSPS) is 23.0. The molecule has 25 heavy (non-hydrogen) atoms. The van der Waals surface area contributed by atoms with Crippen LogP contribution in [-0.4, -0.2) is 73.0 Å². The maximum atomic E-state index is 12.9. The minimum absolute atomic E-state index is 0.221. The van der Waals surface area contributed by atoms with Gasteiger partial charge in [-0.3, -0.25) is 9.69 Å². The van der Waals surface area contributed by atoms with Gasteiger partial charge >= 0.3 is 0 Å². The number of halogens is 1. The van der Waals surface area contributed by atoms with Crippen molar-refractivity contribution in [1.29, 1.82) is 0 Å². The van der Waals surface area contributed by atoms with Crippen LogP contribution in [0.25, 0.3) is 0 Å². The van der Waals surface area contributed by atoms with Crippen LogP contribution in [0.3, 0.4) is 0 Å². The van der Waals surface area contributed by atoms with Gasteiger partial charge in [-0.25, -0.2) is 4.39 Å². The summed E-state index contributed by atoms with van der Waals surface area (Å²) in [4.78, 5) is 19.4. The highest BCUT2D eigenvalue weighted by atomic mass is 19.1. The molecule has 5 heteroatoms. The number of benzene rings is 1. The molecule has 1 amide bonds. The summed E-state index contributed by atoms with van der Waals surface area (Å²) >= 11 is 0. The van der Waals surface area contributed by atoms with E-state index >= 15 is 0 Å². The van der Waals surface area contributed by atoms with Crippen molar-refractivity contribution in [1.82, 2.24) is 14.7 Å². The van der Waals surface area contributed by atoms with E-state index in [0.29, 0.717) is 18.9 Å². The first-order valence-corrected chi connectivity index (χ1v) is 9.56. The standard InChI is InChI=1S/C20H30FN3O/c1-22-11-3-2-4-19(22)16-23-12-14-24(15-13-23)20(25)10-7-17-5-8-18(21)9-6-17/h5-6,8-9,19H,2-4,7,10-16H2,1H3/t19-/m0/s1. The van der Waals surface area contributed by atoms with Crippen LogP contribution in [0.5, 0.6) is 0 Å². The molecule has 1 aromatic rings. The number of nitrogens with zero attached hydrogens (tertiary/aromatic N) is 3. The summed E-state index contributed by atoms with van der Waals surface area (Å²) in [5, 5.41) is 0. The van der Waals surface area contributed by atoms with Gasteiger partial charge in [-0.15, -0.1) is 0 Å². The molecule has 0 saturated carbocycles. The van der Waals surface area contributed by atoms with Crippen molar-refractivity contribution in [3.63, 3.8) is 0 Å². The molecule has 2 aliphatic heterocycles. The van der Waals surface area contributed by atoms with Crippen molar-refractivity contribution in [2.24, 2.45) is 0 Å². The van der Waals surface area contributed by atoms with Gasteiger partial charge in [0, 0.05) is 45.2 Å². The van der Waals surface area contributed by atoms with Gasteiger partial charge in [0.05, 0.1) is 0 Å². The van der Waals surface area contributed by atoms with E-state index in [-0.39, 0.29) is 11.7 Å². The molecule has 0 aromatic heterocycles.